The molecule has 0 spiro atoms. The first kappa shape index (κ1) is 16.7. The average molecular weight is 327 g/mol. The molecule has 1 aliphatic carbocycles. The van der Waals surface area contributed by atoms with Crippen molar-refractivity contribution in [1.82, 2.24) is 9.80 Å². The number of benzene rings is 1. The van der Waals surface area contributed by atoms with Crippen LogP contribution in [0.25, 0.3) is 0 Å². The van der Waals surface area contributed by atoms with E-state index in [1.807, 2.05) is 35.2 Å². The Morgan fingerprint density at radius 3 is 2.46 bits per heavy atom. The van der Waals surface area contributed by atoms with Gasteiger partial charge in [0.05, 0.1) is 6.54 Å². The van der Waals surface area contributed by atoms with Crippen LogP contribution in [0.2, 0.25) is 0 Å². The fourth-order valence-corrected chi connectivity index (χ4v) is 3.33. The van der Waals surface area contributed by atoms with E-state index in [1.165, 1.54) is 0 Å². The Morgan fingerprint density at radius 2 is 1.79 bits per heavy atom. The third kappa shape index (κ3) is 4.45. The summed E-state index contributed by atoms with van der Waals surface area (Å²) in [5.74, 6) is 0.439. The minimum absolute atomic E-state index is 0.00149. The molecule has 1 heterocycles. The third-order valence-corrected chi connectivity index (χ3v) is 4.73. The van der Waals surface area contributed by atoms with Crippen LogP contribution in [-0.4, -0.2) is 54.3 Å². The van der Waals surface area contributed by atoms with Crippen LogP contribution in [0.4, 0.5) is 5.69 Å². The molecular weight excluding hydrogens is 302 g/mol. The van der Waals surface area contributed by atoms with Gasteiger partial charge in [-0.25, -0.2) is 0 Å². The van der Waals surface area contributed by atoms with E-state index in [9.17, 15) is 9.59 Å². The molecule has 0 radical (unpaired) electrons. The molecule has 1 saturated heterocycles. The topological polar surface area (TPSA) is 52.7 Å². The second-order valence-corrected chi connectivity index (χ2v) is 6.50. The summed E-state index contributed by atoms with van der Waals surface area (Å²) in [5.41, 5.74) is 0.821. The van der Waals surface area contributed by atoms with Gasteiger partial charge in [0.1, 0.15) is 0 Å². The Labute approximate surface area is 143 Å². The van der Waals surface area contributed by atoms with Gasteiger partial charge in [-0.15, -0.1) is 0 Å². The fraction of sp³-hybridized carbons (Fsp3) is 0.474. The van der Waals surface area contributed by atoms with E-state index in [1.54, 1.807) is 0 Å². The predicted octanol–water partition coefficient (Wildman–Crippen LogP) is 2.13. The van der Waals surface area contributed by atoms with E-state index in [0.29, 0.717) is 6.54 Å². The van der Waals surface area contributed by atoms with Gasteiger partial charge < -0.3 is 10.2 Å². The van der Waals surface area contributed by atoms with Crippen molar-refractivity contribution in [3.05, 3.63) is 42.5 Å². The molecule has 128 valence electrons. The summed E-state index contributed by atoms with van der Waals surface area (Å²) in [4.78, 5) is 28.7. The summed E-state index contributed by atoms with van der Waals surface area (Å²) in [6.45, 7) is 3.34. The standard InChI is InChI=1S/C19H25N3O2/c23-18(20-17-9-5-2-6-10-17)15-21-11-13-22(14-12-21)19(24)16-7-3-1-4-8-16/h1-3,5-6,9-10,16H,4,7-8,11-15H2,(H,20,23). The van der Waals surface area contributed by atoms with E-state index in [-0.39, 0.29) is 17.7 Å². The number of hydrogen-bond donors (Lipinski definition) is 1. The minimum atomic E-state index is -0.00149. The summed E-state index contributed by atoms with van der Waals surface area (Å²) in [5, 5.41) is 2.91. The molecule has 1 unspecified atom stereocenters. The summed E-state index contributed by atoms with van der Waals surface area (Å²) in [6, 6.07) is 9.50. The molecule has 0 saturated carbocycles. The lowest BCUT2D eigenvalue weighted by Gasteiger charge is -2.36. The van der Waals surface area contributed by atoms with Gasteiger partial charge in [-0.1, -0.05) is 30.4 Å². The predicted molar refractivity (Wildman–Crippen MR) is 94.6 cm³/mol. The zero-order valence-corrected chi connectivity index (χ0v) is 14.0. The van der Waals surface area contributed by atoms with E-state index in [4.69, 9.17) is 0 Å². The largest absolute Gasteiger partial charge is 0.340 e. The van der Waals surface area contributed by atoms with Gasteiger partial charge >= 0.3 is 0 Å². The molecule has 0 aromatic heterocycles. The lowest BCUT2D eigenvalue weighted by Crippen LogP contribution is -2.51. The van der Waals surface area contributed by atoms with Crippen molar-refractivity contribution in [2.75, 3.05) is 38.0 Å². The normalized spacial score (nSPS) is 21.5. The number of piperazine rings is 1. The van der Waals surface area contributed by atoms with Crippen LogP contribution >= 0.6 is 0 Å². The van der Waals surface area contributed by atoms with Gasteiger partial charge in [-0.2, -0.15) is 0 Å². The van der Waals surface area contributed by atoms with Crippen molar-refractivity contribution < 1.29 is 9.59 Å². The highest BCUT2D eigenvalue weighted by Gasteiger charge is 2.27. The number of rotatable bonds is 4. The molecule has 5 nitrogen and oxygen atoms in total. The number of carbonyl (C=O) groups excluding carboxylic acids is 2. The molecule has 1 N–H and O–H groups in total. The van der Waals surface area contributed by atoms with Crippen molar-refractivity contribution in [2.24, 2.45) is 5.92 Å². The van der Waals surface area contributed by atoms with E-state index in [0.717, 1.165) is 51.1 Å². The average Bonchev–Trinajstić information content (AvgIpc) is 2.63. The highest BCUT2D eigenvalue weighted by Crippen LogP contribution is 2.21. The quantitative estimate of drug-likeness (QED) is 0.862. The molecule has 1 aromatic rings. The zero-order valence-electron chi connectivity index (χ0n) is 14.0. The van der Waals surface area contributed by atoms with Crippen LogP contribution in [0.15, 0.2) is 42.5 Å². The molecule has 1 atom stereocenters. The van der Waals surface area contributed by atoms with Crippen molar-refractivity contribution in [3.63, 3.8) is 0 Å². The first-order valence-corrected chi connectivity index (χ1v) is 8.73. The van der Waals surface area contributed by atoms with E-state index < -0.39 is 0 Å². The fourth-order valence-electron chi connectivity index (χ4n) is 3.33. The lowest BCUT2D eigenvalue weighted by atomic mass is 9.93. The molecular formula is C19H25N3O2. The van der Waals surface area contributed by atoms with Crippen molar-refractivity contribution in [1.29, 1.82) is 0 Å². The Hall–Kier alpha value is -2.14. The van der Waals surface area contributed by atoms with Crippen molar-refractivity contribution in [3.8, 4) is 0 Å². The maximum Gasteiger partial charge on any atom is 0.238 e. The van der Waals surface area contributed by atoms with Crippen LogP contribution in [-0.2, 0) is 9.59 Å². The van der Waals surface area contributed by atoms with Crippen LogP contribution < -0.4 is 5.32 Å². The highest BCUT2D eigenvalue weighted by atomic mass is 16.2. The van der Waals surface area contributed by atoms with Gasteiger partial charge in [-0.05, 0) is 31.4 Å². The summed E-state index contributed by atoms with van der Waals surface area (Å²) >= 11 is 0. The van der Waals surface area contributed by atoms with Crippen LogP contribution in [0.1, 0.15) is 19.3 Å². The van der Waals surface area contributed by atoms with Gasteiger partial charge in [0.2, 0.25) is 11.8 Å². The summed E-state index contributed by atoms with van der Waals surface area (Å²) < 4.78 is 0. The van der Waals surface area contributed by atoms with E-state index >= 15 is 0 Å². The number of hydrogen-bond acceptors (Lipinski definition) is 3. The second kappa shape index (κ2) is 8.11. The number of nitrogens with zero attached hydrogens (tertiary/aromatic N) is 2. The monoisotopic (exact) mass is 327 g/mol. The number of carbonyl (C=O) groups is 2. The molecule has 1 fully saturated rings. The van der Waals surface area contributed by atoms with Crippen molar-refractivity contribution in [2.45, 2.75) is 19.3 Å². The van der Waals surface area contributed by atoms with Gasteiger partial charge in [0.25, 0.3) is 0 Å². The Balaban J connectivity index is 1.42. The molecule has 2 aliphatic rings. The molecule has 5 heteroatoms. The number of anilines is 1. The highest BCUT2D eigenvalue weighted by molar-refractivity contribution is 5.92. The maximum atomic E-state index is 12.5. The Kier molecular flexibility index (Phi) is 5.64. The summed E-state index contributed by atoms with van der Waals surface area (Å²) in [7, 11) is 0. The molecule has 2 amide bonds. The number of allylic oxidation sites excluding steroid dienone is 2. The zero-order chi connectivity index (χ0) is 16.8. The van der Waals surface area contributed by atoms with Crippen LogP contribution in [0.3, 0.4) is 0 Å². The lowest BCUT2D eigenvalue weighted by molar-refractivity contribution is -0.137. The van der Waals surface area contributed by atoms with Crippen LogP contribution in [0.5, 0.6) is 0 Å². The second-order valence-electron chi connectivity index (χ2n) is 6.50. The Morgan fingerprint density at radius 1 is 1.04 bits per heavy atom. The minimum Gasteiger partial charge on any atom is -0.340 e. The summed E-state index contributed by atoms with van der Waals surface area (Å²) in [6.07, 6.45) is 7.13. The first-order valence-electron chi connectivity index (χ1n) is 8.73. The van der Waals surface area contributed by atoms with E-state index in [2.05, 4.69) is 22.4 Å². The van der Waals surface area contributed by atoms with Gasteiger partial charge in [0.15, 0.2) is 0 Å². The SMILES string of the molecule is O=C(CN1CCN(C(=O)C2CC=CCC2)CC1)Nc1ccccc1. The number of nitrogens with one attached hydrogen (secondary N) is 1. The molecule has 1 aromatic carbocycles. The third-order valence-electron chi connectivity index (χ3n) is 4.73. The van der Waals surface area contributed by atoms with Crippen LogP contribution in [0, 0.1) is 5.92 Å². The number of para-hydroxylation sites is 1. The first-order chi connectivity index (χ1) is 11.7. The Bertz CT molecular complexity index is 592. The molecule has 3 rings (SSSR count). The molecule has 0 bridgehead atoms. The van der Waals surface area contributed by atoms with Crippen molar-refractivity contribution >= 4 is 17.5 Å². The molecule has 24 heavy (non-hydrogen) atoms. The molecule has 1 aliphatic heterocycles. The maximum absolute atomic E-state index is 12.5. The van der Waals surface area contributed by atoms with Gasteiger partial charge in [-0.3, -0.25) is 14.5 Å². The number of amides is 2. The van der Waals surface area contributed by atoms with Gasteiger partial charge in [0, 0.05) is 37.8 Å². The smallest absolute Gasteiger partial charge is 0.238 e.